The van der Waals surface area contributed by atoms with E-state index in [9.17, 15) is 9.59 Å². The van der Waals surface area contributed by atoms with E-state index in [4.69, 9.17) is 18.8 Å². The second kappa shape index (κ2) is 10.5. The smallest absolute Gasteiger partial charge is 0.461 e. The van der Waals surface area contributed by atoms with Crippen molar-refractivity contribution in [3.63, 3.8) is 0 Å². The van der Waals surface area contributed by atoms with Crippen LogP contribution in [0.4, 0.5) is 4.79 Å². The van der Waals surface area contributed by atoms with Crippen molar-refractivity contribution in [3.8, 4) is 6.01 Å². The Balaban J connectivity index is 1.58. The summed E-state index contributed by atoms with van der Waals surface area (Å²) in [5.74, 6) is -0.239. The fourth-order valence-corrected chi connectivity index (χ4v) is 4.10. The van der Waals surface area contributed by atoms with E-state index < -0.39 is 36.1 Å². The van der Waals surface area contributed by atoms with Crippen molar-refractivity contribution in [2.24, 2.45) is 5.92 Å². The Bertz CT molecular complexity index is 915. The highest BCUT2D eigenvalue weighted by Gasteiger charge is 2.52. The molecule has 3 rings (SSSR count). The van der Waals surface area contributed by atoms with Crippen LogP contribution in [0.2, 0.25) is 0 Å². The quantitative estimate of drug-likeness (QED) is 0.565. The SMILES string of the molecule is CC(C)[C@@H](NC(=O)OC(C)(C)C)C(=O)N1CCC[C@H]1COc1ncc(B2OC(C)(C)C(C)(C)O2)cn1. The van der Waals surface area contributed by atoms with Gasteiger partial charge in [-0.1, -0.05) is 13.8 Å². The standard InChI is InChI=1S/C25H41BN4O6/c1-16(2)19(29-22(32)34-23(3,4)5)20(31)30-12-10-11-18(30)15-33-21-27-13-17(14-28-21)26-35-24(6,7)25(8,9)36-26/h13-14,16,18-19H,10-12,15H2,1-9H3,(H,29,32)/t18-,19+/m0/s1. The zero-order valence-corrected chi connectivity index (χ0v) is 23.1. The van der Waals surface area contributed by atoms with Crippen molar-refractivity contribution in [1.82, 2.24) is 20.2 Å². The highest BCUT2D eigenvalue weighted by Crippen LogP contribution is 2.36. The number of nitrogens with one attached hydrogen (secondary N) is 1. The second-order valence-electron chi connectivity index (χ2n) is 11.9. The van der Waals surface area contributed by atoms with Gasteiger partial charge in [0.25, 0.3) is 0 Å². The lowest BCUT2D eigenvalue weighted by Gasteiger charge is -2.32. The largest absolute Gasteiger partial charge is 0.498 e. The first-order chi connectivity index (χ1) is 16.6. The summed E-state index contributed by atoms with van der Waals surface area (Å²) < 4.78 is 23.3. The lowest BCUT2D eigenvalue weighted by Crippen LogP contribution is -2.54. The van der Waals surface area contributed by atoms with Crippen molar-refractivity contribution in [1.29, 1.82) is 0 Å². The molecule has 36 heavy (non-hydrogen) atoms. The van der Waals surface area contributed by atoms with Crippen LogP contribution >= 0.6 is 0 Å². The summed E-state index contributed by atoms with van der Waals surface area (Å²) in [5.41, 5.74) is -0.822. The van der Waals surface area contributed by atoms with Crippen LogP contribution in [-0.4, -0.2) is 76.0 Å². The predicted octanol–water partition coefficient (Wildman–Crippen LogP) is 2.69. The molecule has 1 aromatic heterocycles. The number of likely N-dealkylation sites (tertiary alicyclic amines) is 1. The summed E-state index contributed by atoms with van der Waals surface area (Å²) in [5, 5.41) is 2.75. The van der Waals surface area contributed by atoms with Gasteiger partial charge < -0.3 is 29.0 Å². The first-order valence-corrected chi connectivity index (χ1v) is 12.7. The molecule has 200 valence electrons. The highest BCUT2D eigenvalue weighted by molar-refractivity contribution is 6.61. The lowest BCUT2D eigenvalue weighted by molar-refractivity contribution is -0.136. The molecule has 0 radical (unpaired) electrons. The molecule has 0 aromatic carbocycles. The Kier molecular flexibility index (Phi) is 8.25. The number of hydrogen-bond acceptors (Lipinski definition) is 8. The van der Waals surface area contributed by atoms with E-state index >= 15 is 0 Å². The molecule has 10 nitrogen and oxygen atoms in total. The van der Waals surface area contributed by atoms with E-state index in [1.165, 1.54) is 0 Å². The van der Waals surface area contributed by atoms with Crippen LogP contribution < -0.4 is 15.5 Å². The molecule has 0 saturated carbocycles. The van der Waals surface area contributed by atoms with Crippen molar-refractivity contribution in [2.75, 3.05) is 13.2 Å². The molecule has 1 aromatic rings. The highest BCUT2D eigenvalue weighted by atomic mass is 16.7. The number of aromatic nitrogens is 2. The summed E-state index contributed by atoms with van der Waals surface area (Å²) in [6.07, 6.45) is 4.34. The monoisotopic (exact) mass is 504 g/mol. The van der Waals surface area contributed by atoms with E-state index in [1.807, 2.05) is 41.5 Å². The number of alkyl carbamates (subject to hydrolysis) is 1. The van der Waals surface area contributed by atoms with Gasteiger partial charge in [-0.05, 0) is 67.2 Å². The molecule has 0 unspecified atom stereocenters. The fraction of sp³-hybridized carbons (Fsp3) is 0.760. The van der Waals surface area contributed by atoms with Gasteiger partial charge >= 0.3 is 19.2 Å². The maximum Gasteiger partial charge on any atom is 0.498 e. The summed E-state index contributed by atoms with van der Waals surface area (Å²) in [4.78, 5) is 36.1. The van der Waals surface area contributed by atoms with Crippen molar-refractivity contribution < 1.29 is 28.4 Å². The molecule has 11 heteroatoms. The molecule has 2 atom stereocenters. The molecular weight excluding hydrogens is 463 g/mol. The molecule has 2 fully saturated rings. The molecular formula is C25H41BN4O6. The Morgan fingerprint density at radius 2 is 1.75 bits per heavy atom. The summed E-state index contributed by atoms with van der Waals surface area (Å²) in [6, 6.07) is -0.594. The molecule has 1 N–H and O–H groups in total. The maximum absolute atomic E-state index is 13.3. The lowest BCUT2D eigenvalue weighted by atomic mass is 9.81. The van der Waals surface area contributed by atoms with Crippen molar-refractivity contribution >= 4 is 24.6 Å². The minimum Gasteiger partial charge on any atom is -0.461 e. The molecule has 2 aliphatic rings. The van der Waals surface area contributed by atoms with Crippen LogP contribution in [0.5, 0.6) is 6.01 Å². The van der Waals surface area contributed by atoms with Crippen LogP contribution in [0.1, 0.15) is 75.2 Å². The minimum absolute atomic E-state index is 0.0990. The Labute approximate surface area is 215 Å². The predicted molar refractivity (Wildman–Crippen MR) is 136 cm³/mol. The van der Waals surface area contributed by atoms with Gasteiger partial charge in [0, 0.05) is 24.4 Å². The van der Waals surface area contributed by atoms with Crippen LogP contribution in [0.25, 0.3) is 0 Å². The van der Waals surface area contributed by atoms with Crippen molar-refractivity contribution in [3.05, 3.63) is 12.4 Å². The first-order valence-electron chi connectivity index (χ1n) is 12.7. The van der Waals surface area contributed by atoms with E-state index in [-0.39, 0.29) is 30.5 Å². The number of nitrogens with zero attached hydrogens (tertiary/aromatic N) is 3. The van der Waals surface area contributed by atoms with Gasteiger partial charge in [0.05, 0.1) is 17.2 Å². The van der Waals surface area contributed by atoms with E-state index in [1.54, 1.807) is 38.1 Å². The normalized spacial score (nSPS) is 22.0. The number of carbonyl (C=O) groups is 2. The van der Waals surface area contributed by atoms with Crippen molar-refractivity contribution in [2.45, 2.75) is 104 Å². The third-order valence-corrected chi connectivity index (χ3v) is 6.84. The van der Waals surface area contributed by atoms with Crippen LogP contribution in [0.15, 0.2) is 12.4 Å². The first kappa shape index (κ1) is 28.2. The van der Waals surface area contributed by atoms with Crippen LogP contribution in [0.3, 0.4) is 0 Å². The number of ether oxygens (including phenoxy) is 2. The van der Waals surface area contributed by atoms with Gasteiger partial charge in [0.2, 0.25) is 5.91 Å². The number of amides is 2. The van der Waals surface area contributed by atoms with E-state index in [0.717, 1.165) is 12.8 Å². The van der Waals surface area contributed by atoms with Gasteiger partial charge in [0.1, 0.15) is 18.2 Å². The molecule has 0 spiro atoms. The maximum atomic E-state index is 13.3. The minimum atomic E-state index is -0.684. The van der Waals surface area contributed by atoms with E-state index in [0.29, 0.717) is 12.0 Å². The third kappa shape index (κ3) is 6.67. The summed E-state index contributed by atoms with van der Waals surface area (Å²) in [7, 11) is -0.544. The van der Waals surface area contributed by atoms with Gasteiger partial charge in [-0.2, -0.15) is 0 Å². The summed E-state index contributed by atoms with van der Waals surface area (Å²) in [6.45, 7) is 18.0. The second-order valence-corrected chi connectivity index (χ2v) is 11.9. The average molecular weight is 504 g/mol. The molecule has 0 bridgehead atoms. The Morgan fingerprint density at radius 1 is 1.17 bits per heavy atom. The topological polar surface area (TPSA) is 112 Å². The van der Waals surface area contributed by atoms with Crippen LogP contribution in [0, 0.1) is 5.92 Å². The molecule has 0 aliphatic carbocycles. The van der Waals surface area contributed by atoms with Gasteiger partial charge in [-0.3, -0.25) is 4.79 Å². The fourth-order valence-electron chi connectivity index (χ4n) is 4.10. The van der Waals surface area contributed by atoms with Crippen LogP contribution in [-0.2, 0) is 18.8 Å². The molecule has 3 heterocycles. The number of hydrogen-bond donors (Lipinski definition) is 1. The number of carbonyl (C=O) groups excluding carboxylic acids is 2. The van der Waals surface area contributed by atoms with E-state index in [2.05, 4.69) is 15.3 Å². The summed E-state index contributed by atoms with van der Waals surface area (Å²) >= 11 is 0. The van der Waals surface area contributed by atoms with Gasteiger partial charge in [-0.25, -0.2) is 14.8 Å². The van der Waals surface area contributed by atoms with Gasteiger partial charge in [-0.15, -0.1) is 0 Å². The number of rotatable bonds is 7. The van der Waals surface area contributed by atoms with Gasteiger partial charge in [0.15, 0.2) is 0 Å². The molecule has 2 aliphatic heterocycles. The zero-order chi connectivity index (χ0) is 26.9. The average Bonchev–Trinajstić information content (AvgIpc) is 3.30. The molecule has 2 saturated heterocycles. The zero-order valence-electron chi connectivity index (χ0n) is 23.1. The third-order valence-electron chi connectivity index (χ3n) is 6.84. The molecule has 2 amide bonds. The Morgan fingerprint density at radius 3 is 2.28 bits per heavy atom. The Hall–Kier alpha value is -2.40.